The highest BCUT2D eigenvalue weighted by Gasteiger charge is 2.08. The van der Waals surface area contributed by atoms with E-state index in [4.69, 9.17) is 34.8 Å². The highest BCUT2D eigenvalue weighted by atomic mass is 35.5. The second kappa shape index (κ2) is 5.95. The summed E-state index contributed by atoms with van der Waals surface area (Å²) in [5.41, 5.74) is 3.10. The normalized spacial score (nSPS) is 10.8. The Morgan fingerprint density at radius 3 is 2.44 bits per heavy atom. The highest BCUT2D eigenvalue weighted by molar-refractivity contribution is 6.38. The molecule has 2 heterocycles. The summed E-state index contributed by atoms with van der Waals surface area (Å²) in [6.07, 6.45) is 3.04. The fourth-order valence-electron chi connectivity index (χ4n) is 1.09. The van der Waals surface area contributed by atoms with Gasteiger partial charge in [-0.1, -0.05) is 29.3 Å². The monoisotopic (exact) mass is 301 g/mol. The standard InChI is InChI=1S/C10H6Cl3N5/c11-8-6(9(12)17-10(13)16-8)5-15-18-7-3-1-2-4-14-7/h1-5H,(H,14,18)/b15-5-. The molecule has 0 aromatic carbocycles. The number of rotatable bonds is 3. The van der Waals surface area contributed by atoms with Crippen LogP contribution in [0.1, 0.15) is 5.56 Å². The molecule has 2 aromatic rings. The first-order valence-electron chi connectivity index (χ1n) is 4.75. The van der Waals surface area contributed by atoms with Crippen molar-refractivity contribution in [3.63, 3.8) is 0 Å². The minimum Gasteiger partial charge on any atom is -0.261 e. The minimum atomic E-state index is -0.0140. The molecule has 0 saturated carbocycles. The Morgan fingerprint density at radius 1 is 1.11 bits per heavy atom. The van der Waals surface area contributed by atoms with Crippen molar-refractivity contribution in [3.05, 3.63) is 45.5 Å². The van der Waals surface area contributed by atoms with E-state index in [2.05, 4.69) is 25.5 Å². The van der Waals surface area contributed by atoms with E-state index in [0.717, 1.165) is 0 Å². The Bertz CT molecular complexity index is 550. The van der Waals surface area contributed by atoms with Crippen molar-refractivity contribution >= 4 is 46.8 Å². The molecule has 5 nitrogen and oxygen atoms in total. The van der Waals surface area contributed by atoms with Crippen LogP contribution in [0.4, 0.5) is 5.82 Å². The number of hydrogen-bond donors (Lipinski definition) is 1. The van der Waals surface area contributed by atoms with Crippen LogP contribution in [0, 0.1) is 0 Å². The lowest BCUT2D eigenvalue weighted by Crippen LogP contribution is -1.97. The second-order valence-electron chi connectivity index (χ2n) is 3.07. The second-order valence-corrected chi connectivity index (χ2v) is 4.13. The van der Waals surface area contributed by atoms with Crippen LogP contribution in [0.3, 0.4) is 0 Å². The van der Waals surface area contributed by atoms with Gasteiger partial charge in [0.1, 0.15) is 16.1 Å². The molecule has 0 aliphatic heterocycles. The maximum absolute atomic E-state index is 5.86. The largest absolute Gasteiger partial charge is 0.261 e. The molecule has 0 atom stereocenters. The van der Waals surface area contributed by atoms with Gasteiger partial charge in [0.25, 0.3) is 0 Å². The molecule has 0 aliphatic rings. The summed E-state index contributed by atoms with van der Waals surface area (Å²) in [6.45, 7) is 0. The smallest absolute Gasteiger partial charge is 0.225 e. The van der Waals surface area contributed by atoms with Gasteiger partial charge in [0.15, 0.2) is 0 Å². The van der Waals surface area contributed by atoms with Gasteiger partial charge < -0.3 is 0 Å². The molecule has 18 heavy (non-hydrogen) atoms. The van der Waals surface area contributed by atoms with E-state index in [9.17, 15) is 0 Å². The van der Waals surface area contributed by atoms with Crippen molar-refractivity contribution < 1.29 is 0 Å². The van der Waals surface area contributed by atoms with Gasteiger partial charge >= 0.3 is 0 Å². The van der Waals surface area contributed by atoms with E-state index < -0.39 is 0 Å². The van der Waals surface area contributed by atoms with Gasteiger partial charge in [0.05, 0.1) is 11.8 Å². The molecule has 2 rings (SSSR count). The van der Waals surface area contributed by atoms with Crippen molar-refractivity contribution in [2.24, 2.45) is 5.10 Å². The highest BCUT2D eigenvalue weighted by Crippen LogP contribution is 2.20. The molecule has 0 fully saturated rings. The maximum Gasteiger partial charge on any atom is 0.225 e. The van der Waals surface area contributed by atoms with Crippen LogP contribution < -0.4 is 5.43 Å². The van der Waals surface area contributed by atoms with Crippen molar-refractivity contribution in [3.8, 4) is 0 Å². The Balaban J connectivity index is 2.15. The molecule has 8 heteroatoms. The van der Waals surface area contributed by atoms with Crippen molar-refractivity contribution in [1.82, 2.24) is 15.0 Å². The van der Waals surface area contributed by atoms with Crippen molar-refractivity contribution in [2.75, 3.05) is 5.43 Å². The number of nitrogens with one attached hydrogen (secondary N) is 1. The summed E-state index contributed by atoms with van der Waals surface area (Å²) in [6, 6.07) is 5.39. The Hall–Kier alpha value is -1.43. The lowest BCUT2D eigenvalue weighted by molar-refractivity contribution is 1.16. The fraction of sp³-hybridized carbons (Fsp3) is 0. The first kappa shape index (κ1) is 13.0. The number of hydrazone groups is 1. The Labute approximate surface area is 118 Å². The van der Waals surface area contributed by atoms with Crippen molar-refractivity contribution in [1.29, 1.82) is 0 Å². The molecule has 1 N–H and O–H groups in total. The van der Waals surface area contributed by atoms with Crippen LogP contribution in [0.2, 0.25) is 15.6 Å². The number of halogens is 3. The van der Waals surface area contributed by atoms with Gasteiger partial charge in [-0.15, -0.1) is 0 Å². The summed E-state index contributed by atoms with van der Waals surface area (Å²) in [4.78, 5) is 11.5. The third kappa shape index (κ3) is 3.29. The molecular weight excluding hydrogens is 297 g/mol. The molecule has 2 aromatic heterocycles. The van der Waals surface area contributed by atoms with Gasteiger partial charge in [0, 0.05) is 6.20 Å². The van der Waals surface area contributed by atoms with E-state index in [1.54, 1.807) is 18.3 Å². The molecule has 0 radical (unpaired) electrons. The van der Waals surface area contributed by atoms with Crippen LogP contribution in [0.25, 0.3) is 0 Å². The SMILES string of the molecule is Clc1nc(Cl)c(/C=N\Nc2ccccn2)c(Cl)n1. The number of aromatic nitrogens is 3. The van der Waals surface area contributed by atoms with E-state index >= 15 is 0 Å². The molecular formula is C10H6Cl3N5. The van der Waals surface area contributed by atoms with E-state index in [-0.39, 0.29) is 15.6 Å². The zero-order valence-corrected chi connectivity index (χ0v) is 11.1. The van der Waals surface area contributed by atoms with Crippen LogP contribution >= 0.6 is 34.8 Å². The first-order chi connectivity index (χ1) is 8.66. The van der Waals surface area contributed by atoms with E-state index in [0.29, 0.717) is 11.4 Å². The number of hydrogen-bond acceptors (Lipinski definition) is 5. The molecule has 0 aliphatic carbocycles. The molecule has 0 amide bonds. The van der Waals surface area contributed by atoms with Crippen molar-refractivity contribution in [2.45, 2.75) is 0 Å². The summed E-state index contributed by atoms with van der Waals surface area (Å²) in [5.74, 6) is 0.593. The number of pyridine rings is 1. The zero-order chi connectivity index (χ0) is 13.0. The third-order valence-electron chi connectivity index (χ3n) is 1.86. The summed E-state index contributed by atoms with van der Waals surface area (Å²) < 4.78 is 0. The van der Waals surface area contributed by atoms with E-state index in [1.807, 2.05) is 6.07 Å². The maximum atomic E-state index is 5.86. The third-order valence-corrected chi connectivity index (χ3v) is 2.61. The number of anilines is 1. The summed E-state index contributed by atoms with van der Waals surface area (Å²) >= 11 is 17.3. The predicted octanol–water partition coefficient (Wildman–Crippen LogP) is 3.28. The lowest BCUT2D eigenvalue weighted by Gasteiger charge is -2.01. The topological polar surface area (TPSA) is 63.1 Å². The predicted molar refractivity (Wildman–Crippen MR) is 72.5 cm³/mol. The molecule has 0 unspecified atom stereocenters. The number of nitrogens with zero attached hydrogens (tertiary/aromatic N) is 4. The minimum absolute atomic E-state index is 0.0140. The van der Waals surface area contributed by atoms with Gasteiger partial charge in [-0.05, 0) is 23.7 Å². The van der Waals surface area contributed by atoms with Gasteiger partial charge in [-0.3, -0.25) is 5.43 Å². The molecule has 0 saturated heterocycles. The average Bonchev–Trinajstić information content (AvgIpc) is 2.34. The first-order valence-corrected chi connectivity index (χ1v) is 5.89. The van der Waals surface area contributed by atoms with Crippen LogP contribution in [-0.4, -0.2) is 21.2 Å². The molecule has 0 bridgehead atoms. The van der Waals surface area contributed by atoms with Crippen LogP contribution in [-0.2, 0) is 0 Å². The van der Waals surface area contributed by atoms with Gasteiger partial charge in [0.2, 0.25) is 5.28 Å². The van der Waals surface area contributed by atoms with Gasteiger partial charge in [-0.25, -0.2) is 15.0 Å². The quantitative estimate of drug-likeness (QED) is 0.409. The molecule has 0 spiro atoms. The van der Waals surface area contributed by atoms with Crippen LogP contribution in [0.15, 0.2) is 29.5 Å². The average molecular weight is 303 g/mol. The van der Waals surface area contributed by atoms with Crippen LogP contribution in [0.5, 0.6) is 0 Å². The Kier molecular flexibility index (Phi) is 4.30. The molecule has 92 valence electrons. The van der Waals surface area contributed by atoms with E-state index in [1.165, 1.54) is 6.21 Å². The summed E-state index contributed by atoms with van der Waals surface area (Å²) in [7, 11) is 0. The van der Waals surface area contributed by atoms with Gasteiger partial charge in [-0.2, -0.15) is 5.10 Å². The lowest BCUT2D eigenvalue weighted by atomic mass is 10.4. The summed E-state index contributed by atoms with van der Waals surface area (Å²) in [5, 5.41) is 4.18. The Morgan fingerprint density at radius 2 is 1.83 bits per heavy atom. The fourth-order valence-corrected chi connectivity index (χ4v) is 1.83. The zero-order valence-electron chi connectivity index (χ0n) is 8.81.